The highest BCUT2D eigenvalue weighted by atomic mass is 35.5. The Morgan fingerprint density at radius 1 is 1.60 bits per heavy atom. The van der Waals surface area contributed by atoms with Crippen molar-refractivity contribution in [1.82, 2.24) is 0 Å². The molecule has 0 saturated heterocycles. The van der Waals surface area contributed by atoms with E-state index in [1.807, 2.05) is 6.92 Å². The first-order chi connectivity index (χ1) is 4.68. The molecule has 0 saturated carbocycles. The summed E-state index contributed by atoms with van der Waals surface area (Å²) in [7, 11) is 0. The van der Waals surface area contributed by atoms with Crippen LogP contribution in [0.4, 0.5) is 0 Å². The van der Waals surface area contributed by atoms with Crippen LogP contribution in [0.15, 0.2) is 11.6 Å². The summed E-state index contributed by atoms with van der Waals surface area (Å²) in [5, 5.41) is 9.18. The molecule has 10 heavy (non-hydrogen) atoms. The minimum absolute atomic E-state index is 0.279. The Hall–Kier alpha value is -0.0100. The third-order valence-corrected chi connectivity index (χ3v) is 1.95. The normalized spacial score (nSPS) is 13.1. The molecule has 0 bridgehead atoms. The van der Waals surface area contributed by atoms with Crippen molar-refractivity contribution < 1.29 is 5.11 Å². The number of aliphatic hydroxyl groups excluding tert-OH is 1. The Morgan fingerprint density at radius 2 is 2.20 bits per heavy atom. The second kappa shape index (κ2) is 5.75. The Morgan fingerprint density at radius 3 is 2.60 bits per heavy atom. The summed E-state index contributed by atoms with van der Waals surface area (Å²) in [6.07, 6.45) is 2.93. The van der Waals surface area contributed by atoms with Crippen LogP contribution in [0, 0.1) is 5.92 Å². The van der Waals surface area contributed by atoms with Gasteiger partial charge in [0, 0.05) is 11.6 Å². The number of halogens is 1. The summed E-state index contributed by atoms with van der Waals surface area (Å²) in [5.74, 6) is 0.383. The molecule has 60 valence electrons. The maximum Gasteiger partial charge on any atom is 0.0431 e. The predicted molar refractivity (Wildman–Crippen MR) is 45.1 cm³/mol. The lowest BCUT2D eigenvalue weighted by Crippen LogP contribution is -1.94. The summed E-state index contributed by atoms with van der Waals surface area (Å²) >= 11 is 5.65. The van der Waals surface area contributed by atoms with Gasteiger partial charge in [-0.05, 0) is 18.8 Å². The number of aliphatic hydroxyl groups is 1. The van der Waals surface area contributed by atoms with Gasteiger partial charge < -0.3 is 5.11 Å². The van der Waals surface area contributed by atoms with Crippen LogP contribution in [0.3, 0.4) is 0 Å². The van der Waals surface area contributed by atoms with Crippen molar-refractivity contribution in [2.24, 2.45) is 5.92 Å². The monoisotopic (exact) mass is 162 g/mol. The van der Waals surface area contributed by atoms with Crippen LogP contribution in [-0.2, 0) is 0 Å². The van der Waals surface area contributed by atoms with Gasteiger partial charge in [-0.1, -0.05) is 31.5 Å². The minimum Gasteiger partial charge on any atom is -0.396 e. The summed E-state index contributed by atoms with van der Waals surface area (Å²) in [6.45, 7) is 5.96. The van der Waals surface area contributed by atoms with Gasteiger partial charge in [-0.25, -0.2) is 0 Å². The van der Waals surface area contributed by atoms with E-state index in [0.29, 0.717) is 5.92 Å². The van der Waals surface area contributed by atoms with Crippen molar-refractivity contribution in [3.8, 4) is 0 Å². The van der Waals surface area contributed by atoms with Gasteiger partial charge >= 0.3 is 0 Å². The van der Waals surface area contributed by atoms with Crippen LogP contribution in [-0.4, -0.2) is 11.7 Å². The first-order valence-electron chi connectivity index (χ1n) is 3.63. The summed E-state index contributed by atoms with van der Waals surface area (Å²) < 4.78 is 0. The van der Waals surface area contributed by atoms with Crippen molar-refractivity contribution in [3.63, 3.8) is 0 Å². The van der Waals surface area contributed by atoms with E-state index in [4.69, 9.17) is 16.7 Å². The number of hydrogen-bond donors (Lipinski definition) is 1. The molecular formula is C8H15ClO. The molecule has 0 radical (unpaired) electrons. The molecule has 0 heterocycles. The number of rotatable bonds is 5. The number of hydrogen-bond acceptors (Lipinski definition) is 1. The van der Waals surface area contributed by atoms with Crippen molar-refractivity contribution in [2.75, 3.05) is 6.61 Å². The van der Waals surface area contributed by atoms with E-state index >= 15 is 0 Å². The zero-order valence-electron chi connectivity index (χ0n) is 6.44. The molecule has 0 amide bonds. The average molecular weight is 163 g/mol. The highest BCUT2D eigenvalue weighted by molar-refractivity contribution is 6.29. The first kappa shape index (κ1) is 9.99. The molecule has 0 rings (SSSR count). The molecule has 1 N–H and O–H groups in total. The Bertz CT molecular complexity index is 101. The summed E-state index contributed by atoms with van der Waals surface area (Å²) in [6, 6.07) is 0. The Labute approximate surface area is 67.7 Å². The fourth-order valence-electron chi connectivity index (χ4n) is 0.719. The fraction of sp³-hybridized carbons (Fsp3) is 0.750. The maximum atomic E-state index is 8.46. The second-order valence-corrected chi connectivity index (χ2v) is 3.05. The lowest BCUT2D eigenvalue weighted by atomic mass is 10.0. The van der Waals surface area contributed by atoms with E-state index in [-0.39, 0.29) is 6.61 Å². The lowest BCUT2D eigenvalue weighted by Gasteiger charge is -2.07. The molecule has 0 aromatic carbocycles. The highest BCUT2D eigenvalue weighted by Gasteiger charge is 2.02. The van der Waals surface area contributed by atoms with Gasteiger partial charge in [-0.15, -0.1) is 0 Å². The molecule has 0 spiro atoms. The van der Waals surface area contributed by atoms with Crippen molar-refractivity contribution in [3.05, 3.63) is 11.6 Å². The third kappa shape index (κ3) is 4.83. The van der Waals surface area contributed by atoms with Gasteiger partial charge in [0.25, 0.3) is 0 Å². The smallest absolute Gasteiger partial charge is 0.0431 e. The third-order valence-electron chi connectivity index (χ3n) is 1.58. The summed E-state index contributed by atoms with van der Waals surface area (Å²) in [4.78, 5) is 0. The highest BCUT2D eigenvalue weighted by Crippen LogP contribution is 2.18. The van der Waals surface area contributed by atoms with Gasteiger partial charge in [-0.2, -0.15) is 0 Å². The van der Waals surface area contributed by atoms with Crippen LogP contribution >= 0.6 is 11.6 Å². The zero-order valence-corrected chi connectivity index (χ0v) is 7.19. The largest absolute Gasteiger partial charge is 0.396 e. The Balaban J connectivity index is 3.21. The quantitative estimate of drug-likeness (QED) is 0.616. The van der Waals surface area contributed by atoms with E-state index in [1.165, 1.54) is 0 Å². The molecule has 1 nitrogen and oxygen atoms in total. The van der Waals surface area contributed by atoms with E-state index in [9.17, 15) is 0 Å². The molecule has 1 atom stereocenters. The summed E-state index contributed by atoms with van der Waals surface area (Å²) in [5.41, 5.74) is 0. The standard InChI is InChI=1S/C8H15ClO/c1-7(8(2)9)5-3-4-6-10/h7,10H,2-6H2,1H3. The van der Waals surface area contributed by atoms with Crippen LogP contribution in [0.1, 0.15) is 26.2 Å². The average Bonchev–Trinajstić information content (AvgIpc) is 1.88. The van der Waals surface area contributed by atoms with Gasteiger partial charge in [0.1, 0.15) is 0 Å². The zero-order chi connectivity index (χ0) is 7.98. The van der Waals surface area contributed by atoms with E-state index in [1.54, 1.807) is 0 Å². The maximum absolute atomic E-state index is 8.46. The molecule has 2 heteroatoms. The van der Waals surface area contributed by atoms with Crippen molar-refractivity contribution >= 4 is 11.6 Å². The van der Waals surface area contributed by atoms with E-state index in [0.717, 1.165) is 24.3 Å². The SMILES string of the molecule is C=C(Cl)C(C)CCCCO. The first-order valence-corrected chi connectivity index (χ1v) is 4.01. The van der Waals surface area contributed by atoms with Crippen LogP contribution < -0.4 is 0 Å². The fourth-order valence-corrected chi connectivity index (χ4v) is 0.828. The molecule has 0 aliphatic rings. The molecular weight excluding hydrogens is 148 g/mol. The Kier molecular flexibility index (Phi) is 5.74. The minimum atomic E-state index is 0.279. The van der Waals surface area contributed by atoms with Crippen molar-refractivity contribution in [1.29, 1.82) is 0 Å². The molecule has 0 aromatic rings. The predicted octanol–water partition coefficient (Wildman–Crippen LogP) is 2.54. The van der Waals surface area contributed by atoms with E-state index in [2.05, 4.69) is 6.58 Å². The molecule has 1 unspecified atom stereocenters. The van der Waals surface area contributed by atoms with E-state index < -0.39 is 0 Å². The van der Waals surface area contributed by atoms with Gasteiger partial charge in [0.2, 0.25) is 0 Å². The molecule has 0 aliphatic carbocycles. The molecule has 0 aliphatic heterocycles. The van der Waals surface area contributed by atoms with Gasteiger partial charge in [0.05, 0.1) is 0 Å². The topological polar surface area (TPSA) is 20.2 Å². The molecule has 0 aromatic heterocycles. The van der Waals surface area contributed by atoms with Crippen molar-refractivity contribution in [2.45, 2.75) is 26.2 Å². The number of unbranched alkanes of at least 4 members (excludes halogenated alkanes) is 1. The van der Waals surface area contributed by atoms with Gasteiger partial charge in [-0.3, -0.25) is 0 Å². The van der Waals surface area contributed by atoms with Crippen LogP contribution in [0.25, 0.3) is 0 Å². The second-order valence-electron chi connectivity index (χ2n) is 2.57. The number of allylic oxidation sites excluding steroid dienone is 1. The lowest BCUT2D eigenvalue weighted by molar-refractivity contribution is 0.281. The van der Waals surface area contributed by atoms with Crippen LogP contribution in [0.5, 0.6) is 0 Å². The van der Waals surface area contributed by atoms with Crippen LogP contribution in [0.2, 0.25) is 0 Å². The molecule has 0 fully saturated rings. The van der Waals surface area contributed by atoms with Gasteiger partial charge in [0.15, 0.2) is 0 Å².